The Hall–Kier alpha value is -1.18. The fraction of sp³-hybridized carbons (Fsp3) is 0.545. The van der Waals surface area contributed by atoms with E-state index in [9.17, 15) is 8.42 Å². The number of nitrogens with two attached hydrogens (primary N) is 1. The number of nitrogen functional groups attached to an aromatic ring is 1. The van der Waals surface area contributed by atoms with Crippen molar-refractivity contribution in [2.45, 2.75) is 36.8 Å². The molecule has 1 aliphatic rings. The predicted molar refractivity (Wildman–Crippen MR) is 67.4 cm³/mol. The molecule has 1 aromatic heterocycles. The van der Waals surface area contributed by atoms with Gasteiger partial charge in [-0.2, -0.15) is 0 Å². The lowest BCUT2D eigenvalue weighted by Gasteiger charge is -2.27. The molecule has 0 bridgehead atoms. The molecule has 2 rings (SSSR count). The Labute approximate surface area is 107 Å². The van der Waals surface area contributed by atoms with Crippen molar-refractivity contribution in [1.82, 2.24) is 9.71 Å². The average molecular weight is 271 g/mol. The summed E-state index contributed by atoms with van der Waals surface area (Å²) in [5.74, 6) is 0.0186. The van der Waals surface area contributed by atoms with Crippen LogP contribution in [0.4, 0.5) is 5.82 Å². The van der Waals surface area contributed by atoms with E-state index in [0.29, 0.717) is 19.4 Å². The smallest absolute Gasteiger partial charge is 0.244 e. The maximum atomic E-state index is 12.2. The van der Waals surface area contributed by atoms with Crippen LogP contribution in [0.5, 0.6) is 0 Å². The van der Waals surface area contributed by atoms with Crippen LogP contribution in [0.1, 0.15) is 19.8 Å². The van der Waals surface area contributed by atoms with Gasteiger partial charge in [0.1, 0.15) is 10.7 Å². The molecule has 6 nitrogen and oxygen atoms in total. The first-order valence-corrected chi connectivity index (χ1v) is 7.32. The van der Waals surface area contributed by atoms with Gasteiger partial charge in [0.15, 0.2) is 0 Å². The van der Waals surface area contributed by atoms with Gasteiger partial charge in [-0.25, -0.2) is 18.1 Å². The molecule has 1 saturated heterocycles. The highest BCUT2D eigenvalue weighted by Crippen LogP contribution is 2.19. The minimum absolute atomic E-state index is 0.0186. The number of hydrogen-bond donors (Lipinski definition) is 2. The van der Waals surface area contributed by atoms with Crippen LogP contribution in [-0.2, 0) is 14.8 Å². The Bertz CT molecular complexity index is 518. The third kappa shape index (κ3) is 2.98. The van der Waals surface area contributed by atoms with Crippen molar-refractivity contribution < 1.29 is 13.2 Å². The number of sulfonamides is 1. The number of aromatic nitrogens is 1. The maximum Gasteiger partial charge on any atom is 0.244 e. The molecule has 0 radical (unpaired) electrons. The van der Waals surface area contributed by atoms with Crippen molar-refractivity contribution >= 4 is 15.8 Å². The molecule has 0 amide bonds. The molecule has 18 heavy (non-hydrogen) atoms. The molecular formula is C11H17N3O3S. The van der Waals surface area contributed by atoms with E-state index in [1.54, 1.807) is 6.07 Å². The van der Waals surface area contributed by atoms with Crippen molar-refractivity contribution in [3.63, 3.8) is 0 Å². The van der Waals surface area contributed by atoms with Gasteiger partial charge in [-0.15, -0.1) is 0 Å². The van der Waals surface area contributed by atoms with E-state index < -0.39 is 10.0 Å². The van der Waals surface area contributed by atoms with Gasteiger partial charge in [0.2, 0.25) is 10.0 Å². The van der Waals surface area contributed by atoms with E-state index in [0.717, 1.165) is 0 Å². The third-order valence-electron chi connectivity index (χ3n) is 2.90. The first-order chi connectivity index (χ1) is 8.49. The lowest BCUT2D eigenvalue weighted by atomic mass is 10.1. The molecule has 0 aromatic carbocycles. The van der Waals surface area contributed by atoms with E-state index >= 15 is 0 Å². The predicted octanol–water partition coefficient (Wildman–Crippen LogP) is 0.510. The number of pyridine rings is 1. The number of rotatable bonds is 3. The topological polar surface area (TPSA) is 94.3 Å². The monoisotopic (exact) mass is 271 g/mol. The largest absolute Gasteiger partial charge is 0.383 e. The molecule has 1 fully saturated rings. The van der Waals surface area contributed by atoms with Crippen molar-refractivity contribution in [1.29, 1.82) is 0 Å². The highest BCUT2D eigenvalue weighted by atomic mass is 32.2. The van der Waals surface area contributed by atoms with Crippen molar-refractivity contribution in [2.75, 3.05) is 12.3 Å². The second kappa shape index (κ2) is 5.21. The lowest BCUT2D eigenvalue weighted by molar-refractivity contribution is 0.0173. The van der Waals surface area contributed by atoms with Crippen LogP contribution in [0.15, 0.2) is 23.2 Å². The van der Waals surface area contributed by atoms with Gasteiger partial charge in [0, 0.05) is 18.8 Å². The Morgan fingerprint density at radius 1 is 1.56 bits per heavy atom. The van der Waals surface area contributed by atoms with Crippen molar-refractivity contribution in [3.05, 3.63) is 18.3 Å². The van der Waals surface area contributed by atoms with Crippen LogP contribution in [0.3, 0.4) is 0 Å². The summed E-state index contributed by atoms with van der Waals surface area (Å²) in [4.78, 5) is 3.82. The van der Waals surface area contributed by atoms with E-state index in [1.165, 1.54) is 12.3 Å². The fourth-order valence-corrected chi connectivity index (χ4v) is 3.38. The highest BCUT2D eigenvalue weighted by Gasteiger charge is 2.26. The van der Waals surface area contributed by atoms with Crippen LogP contribution in [0.25, 0.3) is 0 Å². The lowest BCUT2D eigenvalue weighted by Crippen LogP contribution is -2.41. The molecule has 0 aliphatic carbocycles. The summed E-state index contributed by atoms with van der Waals surface area (Å²) < 4.78 is 32.3. The van der Waals surface area contributed by atoms with Crippen LogP contribution in [0, 0.1) is 0 Å². The molecule has 7 heteroatoms. The molecule has 1 aromatic rings. The Morgan fingerprint density at radius 2 is 2.33 bits per heavy atom. The SMILES string of the molecule is CC1CC(NS(=O)(=O)c2cccnc2N)CCO1. The van der Waals surface area contributed by atoms with Crippen molar-refractivity contribution in [2.24, 2.45) is 0 Å². The second-order valence-electron chi connectivity index (χ2n) is 4.41. The van der Waals surface area contributed by atoms with E-state index in [4.69, 9.17) is 10.5 Å². The molecule has 100 valence electrons. The molecule has 0 spiro atoms. The second-order valence-corrected chi connectivity index (χ2v) is 6.09. The minimum Gasteiger partial charge on any atom is -0.383 e. The normalized spacial score (nSPS) is 24.9. The number of nitrogens with zero attached hydrogens (tertiary/aromatic N) is 1. The van der Waals surface area contributed by atoms with Gasteiger partial charge in [-0.1, -0.05) is 0 Å². The summed E-state index contributed by atoms with van der Waals surface area (Å²) in [6.45, 7) is 2.50. The Morgan fingerprint density at radius 3 is 3.00 bits per heavy atom. The fourth-order valence-electron chi connectivity index (χ4n) is 2.02. The third-order valence-corrected chi connectivity index (χ3v) is 4.46. The van der Waals surface area contributed by atoms with Crippen molar-refractivity contribution in [3.8, 4) is 0 Å². The summed E-state index contributed by atoms with van der Waals surface area (Å²) in [5, 5.41) is 0. The molecule has 0 saturated carbocycles. The van der Waals surface area contributed by atoms with Gasteiger partial charge in [0.05, 0.1) is 6.10 Å². The maximum absolute atomic E-state index is 12.2. The number of ether oxygens (including phenoxy) is 1. The summed E-state index contributed by atoms with van der Waals surface area (Å²) in [6, 6.07) is 2.89. The molecule has 3 N–H and O–H groups in total. The zero-order valence-electron chi connectivity index (χ0n) is 10.2. The first-order valence-electron chi connectivity index (χ1n) is 5.83. The zero-order valence-corrected chi connectivity index (χ0v) is 11.0. The molecule has 2 unspecified atom stereocenters. The highest BCUT2D eigenvalue weighted by molar-refractivity contribution is 7.89. The van der Waals surface area contributed by atoms with Gasteiger partial charge in [-0.05, 0) is 31.9 Å². The number of hydrogen-bond acceptors (Lipinski definition) is 5. The van der Waals surface area contributed by atoms with E-state index in [2.05, 4.69) is 9.71 Å². The van der Waals surface area contributed by atoms with Crippen LogP contribution < -0.4 is 10.5 Å². The Balaban J connectivity index is 2.15. The Kier molecular flexibility index (Phi) is 3.84. The standard InChI is InChI=1S/C11H17N3O3S/c1-8-7-9(4-6-17-8)14-18(15,16)10-3-2-5-13-11(10)12/h2-3,5,8-9,14H,4,6-7H2,1H3,(H2,12,13). The van der Waals surface area contributed by atoms with E-state index in [1.807, 2.05) is 6.92 Å². The molecule has 1 aliphatic heterocycles. The molecule has 2 atom stereocenters. The van der Waals surface area contributed by atoms with Gasteiger partial charge in [-0.3, -0.25) is 0 Å². The van der Waals surface area contributed by atoms with Crippen LogP contribution in [0.2, 0.25) is 0 Å². The summed E-state index contributed by atoms with van der Waals surface area (Å²) >= 11 is 0. The van der Waals surface area contributed by atoms with E-state index in [-0.39, 0.29) is 22.9 Å². The van der Waals surface area contributed by atoms with Gasteiger partial charge in [0.25, 0.3) is 0 Å². The summed E-state index contributed by atoms with van der Waals surface area (Å²) in [7, 11) is -3.61. The van der Waals surface area contributed by atoms with Crippen LogP contribution >= 0.6 is 0 Å². The molecule has 2 heterocycles. The number of nitrogens with one attached hydrogen (secondary N) is 1. The minimum atomic E-state index is -3.61. The van der Waals surface area contributed by atoms with Gasteiger partial charge < -0.3 is 10.5 Å². The van der Waals surface area contributed by atoms with Gasteiger partial charge >= 0.3 is 0 Å². The van der Waals surface area contributed by atoms with Crippen LogP contribution in [-0.4, -0.2) is 32.2 Å². The quantitative estimate of drug-likeness (QED) is 0.835. The molecular weight excluding hydrogens is 254 g/mol. The average Bonchev–Trinajstić information content (AvgIpc) is 2.28. The zero-order chi connectivity index (χ0) is 13.2. The number of anilines is 1. The summed E-state index contributed by atoms with van der Waals surface area (Å²) in [5.41, 5.74) is 5.58. The summed E-state index contributed by atoms with van der Waals surface area (Å²) in [6.07, 6.45) is 2.87. The first kappa shape index (κ1) is 13.3.